The first-order chi connectivity index (χ1) is 22.2. The molecule has 264 valence electrons. The highest BCUT2D eigenvalue weighted by Crippen LogP contribution is 2.55. The van der Waals surface area contributed by atoms with E-state index in [0.717, 1.165) is 31.0 Å². The Bertz CT molecular complexity index is 1670. The first-order valence-electron chi connectivity index (χ1n) is 14.4. The van der Waals surface area contributed by atoms with Gasteiger partial charge < -0.3 is 9.15 Å². The van der Waals surface area contributed by atoms with E-state index in [9.17, 15) is 57.9 Å². The van der Waals surface area contributed by atoms with Gasteiger partial charge in [0, 0.05) is 34.1 Å². The molecule has 3 aromatic rings. The molecule has 0 radical (unpaired) electrons. The number of ether oxygens (including phenoxy) is 1. The summed E-state index contributed by atoms with van der Waals surface area (Å²) in [6.07, 6.45) is -5.73. The molecule has 0 fully saturated rings. The lowest BCUT2D eigenvalue weighted by Crippen LogP contribution is -2.62. The number of hydrogen-bond acceptors (Lipinski definition) is 5. The van der Waals surface area contributed by atoms with E-state index < -0.39 is 83.4 Å². The van der Waals surface area contributed by atoms with E-state index in [-0.39, 0.29) is 15.9 Å². The summed E-state index contributed by atoms with van der Waals surface area (Å²) in [6.45, 7) is 3.39. The van der Waals surface area contributed by atoms with Gasteiger partial charge in [-0.1, -0.05) is 44.5 Å². The number of carbonyl (C=O) groups is 1. The second-order valence-corrected chi connectivity index (χ2v) is 11.9. The largest absolute Gasteiger partial charge is 0.462 e. The summed E-state index contributed by atoms with van der Waals surface area (Å²) in [6, 6.07) is 8.30. The van der Waals surface area contributed by atoms with Crippen molar-refractivity contribution >= 4 is 28.7 Å². The van der Waals surface area contributed by atoms with Gasteiger partial charge in [-0.25, -0.2) is 9.59 Å². The molecule has 0 saturated heterocycles. The quantitative estimate of drug-likeness (QED) is 0.0369. The highest BCUT2D eigenvalue weighted by molar-refractivity contribution is 7.99. The lowest BCUT2D eigenvalue weighted by Gasteiger charge is -2.36. The van der Waals surface area contributed by atoms with Gasteiger partial charge in [-0.2, -0.15) is 48.3 Å². The molecule has 0 aliphatic carbocycles. The molecule has 1 heterocycles. The lowest BCUT2D eigenvalue weighted by molar-refractivity contribution is -0.367. The van der Waals surface area contributed by atoms with Crippen molar-refractivity contribution in [2.45, 2.75) is 80.2 Å². The Labute approximate surface area is 271 Å². The number of carbonyl (C=O) groups excluding carboxylic acids is 1. The van der Waals surface area contributed by atoms with Crippen LogP contribution in [0, 0.1) is 0 Å². The van der Waals surface area contributed by atoms with E-state index >= 15 is 0 Å². The summed E-state index contributed by atoms with van der Waals surface area (Å²) >= 11 is 0.414. The molecule has 0 spiro atoms. The molecular weight excluding hydrogens is 689 g/mol. The molecule has 16 heteroatoms. The number of unbranched alkanes of at least 4 members (excludes halogenated alkanes) is 2. The standard InChI is InChI=1S/C32H29F11O4S/c1-3-5-6-7-19-8-11-22(24(16-19)30(37,38)39)23-17-20-9-10-21(18-25(20)47-27(23)45)48-15-13-29(35,36)32(42,43)31(40,41)28(33,34)12-14-46-26(44)4-2/h4,8-11,16-18H,2-3,5-7,12-15H2,1H3. The second kappa shape index (κ2) is 14.9. The summed E-state index contributed by atoms with van der Waals surface area (Å²) in [4.78, 5) is 23.7. The zero-order valence-electron chi connectivity index (χ0n) is 25.2. The van der Waals surface area contributed by atoms with Gasteiger partial charge in [0.15, 0.2) is 0 Å². The SMILES string of the molecule is C=CC(=O)OCCC(F)(F)C(F)(F)C(F)(F)C(F)(F)CCSc1ccc2cc(-c3ccc(CCCCC)cc3C(F)(F)F)c(=O)oc2c1. The van der Waals surface area contributed by atoms with Crippen LogP contribution in [0.3, 0.4) is 0 Å². The van der Waals surface area contributed by atoms with E-state index in [1.807, 2.05) is 6.92 Å². The van der Waals surface area contributed by atoms with Crippen LogP contribution in [-0.2, 0) is 22.1 Å². The maximum Gasteiger partial charge on any atom is 0.417 e. The number of hydrogen-bond donors (Lipinski definition) is 0. The van der Waals surface area contributed by atoms with Gasteiger partial charge in [0.25, 0.3) is 0 Å². The van der Waals surface area contributed by atoms with Crippen LogP contribution in [0.15, 0.2) is 69.2 Å². The Morgan fingerprint density at radius 1 is 0.854 bits per heavy atom. The summed E-state index contributed by atoms with van der Waals surface area (Å²) in [7, 11) is 0. The number of alkyl halides is 11. The molecule has 0 saturated carbocycles. The number of esters is 1. The third-order valence-electron chi connectivity index (χ3n) is 7.28. The Hall–Kier alpha value is -3.56. The number of benzene rings is 2. The van der Waals surface area contributed by atoms with Crippen LogP contribution in [0.5, 0.6) is 0 Å². The third-order valence-corrected chi connectivity index (χ3v) is 8.28. The molecule has 0 aliphatic rings. The van der Waals surface area contributed by atoms with Crippen molar-refractivity contribution in [1.82, 2.24) is 0 Å². The Balaban J connectivity index is 1.78. The van der Waals surface area contributed by atoms with Crippen molar-refractivity contribution in [3.8, 4) is 11.1 Å². The van der Waals surface area contributed by atoms with Gasteiger partial charge in [0.1, 0.15) is 5.58 Å². The predicted octanol–water partition coefficient (Wildman–Crippen LogP) is 10.4. The van der Waals surface area contributed by atoms with Gasteiger partial charge >= 0.3 is 41.5 Å². The Morgan fingerprint density at radius 3 is 2.10 bits per heavy atom. The average Bonchev–Trinajstić information content (AvgIpc) is 2.99. The maximum absolute atomic E-state index is 14.4. The van der Waals surface area contributed by atoms with Crippen molar-refractivity contribution in [2.24, 2.45) is 0 Å². The van der Waals surface area contributed by atoms with Crippen molar-refractivity contribution in [2.75, 3.05) is 12.4 Å². The highest BCUT2D eigenvalue weighted by atomic mass is 32.2. The number of halogens is 11. The van der Waals surface area contributed by atoms with Crippen LogP contribution < -0.4 is 5.63 Å². The maximum atomic E-state index is 14.4. The molecule has 1 aromatic heterocycles. The minimum atomic E-state index is -6.54. The number of rotatable bonds is 16. The summed E-state index contributed by atoms with van der Waals surface area (Å²) in [5.41, 5.74) is -2.83. The minimum Gasteiger partial charge on any atom is -0.462 e. The first-order valence-corrected chi connectivity index (χ1v) is 15.4. The molecule has 0 unspecified atom stereocenters. The van der Waals surface area contributed by atoms with E-state index in [4.69, 9.17) is 4.42 Å². The molecule has 3 rings (SSSR count). The molecule has 0 bridgehead atoms. The van der Waals surface area contributed by atoms with E-state index in [1.54, 1.807) is 0 Å². The highest BCUT2D eigenvalue weighted by Gasteiger charge is 2.79. The monoisotopic (exact) mass is 718 g/mol. The van der Waals surface area contributed by atoms with Gasteiger partial charge in [0.05, 0.1) is 24.2 Å². The fourth-order valence-electron chi connectivity index (χ4n) is 4.57. The van der Waals surface area contributed by atoms with E-state index in [1.165, 1.54) is 24.3 Å². The van der Waals surface area contributed by atoms with Crippen molar-refractivity contribution < 1.29 is 62.2 Å². The van der Waals surface area contributed by atoms with Crippen molar-refractivity contribution in [3.05, 3.63) is 76.7 Å². The first kappa shape index (κ1) is 38.9. The fourth-order valence-corrected chi connectivity index (χ4v) is 5.52. The topological polar surface area (TPSA) is 56.5 Å². The van der Waals surface area contributed by atoms with Crippen molar-refractivity contribution in [1.29, 1.82) is 0 Å². The minimum absolute atomic E-state index is 0.00561. The second-order valence-electron chi connectivity index (χ2n) is 10.8. The van der Waals surface area contributed by atoms with Gasteiger partial charge in [-0.05, 0) is 42.7 Å². The van der Waals surface area contributed by atoms with Crippen molar-refractivity contribution in [3.63, 3.8) is 0 Å². The molecule has 0 aliphatic heterocycles. The molecule has 4 nitrogen and oxygen atoms in total. The predicted molar refractivity (Wildman–Crippen MR) is 157 cm³/mol. The lowest BCUT2D eigenvalue weighted by atomic mass is 9.95. The molecular formula is C32H29F11O4S. The van der Waals surface area contributed by atoms with Crippen LogP contribution in [0.4, 0.5) is 48.3 Å². The van der Waals surface area contributed by atoms with Crippen LogP contribution in [0.1, 0.15) is 50.2 Å². The molecule has 0 amide bonds. The Morgan fingerprint density at radius 2 is 1.50 bits per heavy atom. The summed E-state index contributed by atoms with van der Waals surface area (Å²) in [5.74, 6) is -26.7. The normalized spacial score (nSPS) is 13.2. The van der Waals surface area contributed by atoms with Crippen LogP contribution in [0.2, 0.25) is 0 Å². The fraction of sp³-hybridized carbons (Fsp3) is 0.438. The molecule has 0 N–H and O–H groups in total. The molecule has 0 atom stereocenters. The van der Waals surface area contributed by atoms with Crippen LogP contribution in [0.25, 0.3) is 22.1 Å². The summed E-state index contributed by atoms with van der Waals surface area (Å²) < 4.78 is 164. The smallest absolute Gasteiger partial charge is 0.417 e. The Kier molecular flexibility index (Phi) is 12.1. The summed E-state index contributed by atoms with van der Waals surface area (Å²) in [5, 5.41) is 0.117. The zero-order chi connectivity index (χ0) is 36.1. The van der Waals surface area contributed by atoms with Gasteiger partial charge in [0.2, 0.25) is 0 Å². The third kappa shape index (κ3) is 8.53. The average molecular weight is 719 g/mol. The zero-order valence-corrected chi connectivity index (χ0v) is 26.0. The van der Waals surface area contributed by atoms with Crippen LogP contribution in [-0.4, -0.2) is 42.0 Å². The van der Waals surface area contributed by atoms with Crippen LogP contribution >= 0.6 is 11.8 Å². The van der Waals surface area contributed by atoms with E-state index in [0.29, 0.717) is 36.2 Å². The van der Waals surface area contributed by atoms with Gasteiger partial charge in [-0.3, -0.25) is 0 Å². The van der Waals surface area contributed by atoms with E-state index in [2.05, 4.69) is 11.3 Å². The number of fused-ring (bicyclic) bond motifs is 1. The number of aryl methyl sites for hydroxylation is 1. The van der Waals surface area contributed by atoms with Gasteiger partial charge in [-0.15, -0.1) is 11.8 Å². The number of thioether (sulfide) groups is 1. The molecule has 2 aromatic carbocycles. The molecule has 48 heavy (non-hydrogen) atoms.